The van der Waals surface area contributed by atoms with Crippen LogP contribution < -0.4 is 0 Å². The van der Waals surface area contributed by atoms with Crippen LogP contribution in [0, 0.1) is 0 Å². The van der Waals surface area contributed by atoms with E-state index in [1.54, 1.807) is 91.0 Å². The zero-order valence-corrected chi connectivity index (χ0v) is 19.6. The zero-order chi connectivity index (χ0) is 25.3. The van der Waals surface area contributed by atoms with Crippen molar-refractivity contribution >= 4 is 23.3 Å². The van der Waals surface area contributed by atoms with Crippen LogP contribution in [0.25, 0.3) is 0 Å². The predicted octanol–water partition coefficient (Wildman–Crippen LogP) is 5.97. The number of hydrogen-bond acceptors (Lipinski definition) is 5. The molecular formula is C31H24O5. The molecule has 0 radical (unpaired) electrons. The van der Waals surface area contributed by atoms with E-state index < -0.39 is 5.97 Å². The van der Waals surface area contributed by atoms with Gasteiger partial charge in [0.15, 0.2) is 17.3 Å². The number of hydrogen-bond donors (Lipinski definition) is 0. The fourth-order valence-corrected chi connectivity index (χ4v) is 3.76. The standard InChI is InChI=1S/C31H24O5/c32-28(24-14-7-15-25(20-24)29(33)22-10-3-1-4-11-22)18-9-19-36-31(35)27-17-8-16-26(21-27)30(34)23-12-5-2-6-13-23/h1-8,10-17,20-21H,9,18-19H2. The Kier molecular flexibility index (Phi) is 7.94. The Hall–Kier alpha value is -4.64. The van der Waals surface area contributed by atoms with Crippen LogP contribution in [0.2, 0.25) is 0 Å². The minimum absolute atomic E-state index is 0.0596. The largest absolute Gasteiger partial charge is 0.462 e. The Morgan fingerprint density at radius 1 is 0.500 bits per heavy atom. The van der Waals surface area contributed by atoms with E-state index in [9.17, 15) is 19.2 Å². The molecule has 0 saturated heterocycles. The lowest BCUT2D eigenvalue weighted by atomic mass is 9.99. The van der Waals surface area contributed by atoms with Crippen LogP contribution in [-0.2, 0) is 4.74 Å². The van der Waals surface area contributed by atoms with E-state index in [0.717, 1.165) is 0 Å². The minimum Gasteiger partial charge on any atom is -0.462 e. The average Bonchev–Trinajstić information content (AvgIpc) is 2.95. The van der Waals surface area contributed by atoms with Gasteiger partial charge in [-0.15, -0.1) is 0 Å². The van der Waals surface area contributed by atoms with Gasteiger partial charge in [0, 0.05) is 34.2 Å². The molecule has 36 heavy (non-hydrogen) atoms. The molecule has 0 amide bonds. The van der Waals surface area contributed by atoms with Gasteiger partial charge in [-0.1, -0.05) is 91.0 Å². The smallest absolute Gasteiger partial charge is 0.338 e. The number of benzene rings is 4. The van der Waals surface area contributed by atoms with Crippen LogP contribution in [0.4, 0.5) is 0 Å². The van der Waals surface area contributed by atoms with Crippen LogP contribution in [0.3, 0.4) is 0 Å². The van der Waals surface area contributed by atoms with Crippen LogP contribution in [0.1, 0.15) is 65.4 Å². The van der Waals surface area contributed by atoms with Gasteiger partial charge in [0.1, 0.15) is 0 Å². The molecule has 4 rings (SSSR count). The molecule has 0 unspecified atom stereocenters. The molecule has 4 aromatic carbocycles. The van der Waals surface area contributed by atoms with Crippen molar-refractivity contribution in [1.82, 2.24) is 0 Å². The first-order valence-electron chi connectivity index (χ1n) is 11.6. The maximum Gasteiger partial charge on any atom is 0.338 e. The number of carbonyl (C=O) groups is 4. The molecule has 0 atom stereocenters. The molecule has 5 nitrogen and oxygen atoms in total. The molecule has 5 heteroatoms. The topological polar surface area (TPSA) is 77.5 Å². The summed E-state index contributed by atoms with van der Waals surface area (Å²) in [6.45, 7) is 0.0596. The van der Waals surface area contributed by atoms with Crippen molar-refractivity contribution in [2.45, 2.75) is 12.8 Å². The summed E-state index contributed by atoms with van der Waals surface area (Å²) in [5.41, 5.74) is 2.66. The van der Waals surface area contributed by atoms with E-state index in [1.807, 2.05) is 12.1 Å². The van der Waals surface area contributed by atoms with Crippen molar-refractivity contribution in [2.24, 2.45) is 0 Å². The molecule has 0 bridgehead atoms. The quantitative estimate of drug-likeness (QED) is 0.160. The maximum absolute atomic E-state index is 12.6. The average molecular weight is 477 g/mol. The fourth-order valence-electron chi connectivity index (χ4n) is 3.76. The first-order valence-corrected chi connectivity index (χ1v) is 11.6. The van der Waals surface area contributed by atoms with E-state index in [4.69, 9.17) is 4.74 Å². The highest BCUT2D eigenvalue weighted by Gasteiger charge is 2.15. The number of carbonyl (C=O) groups excluding carboxylic acids is 4. The molecule has 0 N–H and O–H groups in total. The van der Waals surface area contributed by atoms with Crippen molar-refractivity contribution in [2.75, 3.05) is 6.61 Å². The number of Topliss-reactive ketones (excluding diaryl/α,β-unsaturated/α-hetero) is 1. The molecular weight excluding hydrogens is 452 g/mol. The lowest BCUT2D eigenvalue weighted by Crippen LogP contribution is -2.10. The number of rotatable bonds is 10. The normalized spacial score (nSPS) is 10.4. The molecule has 0 heterocycles. The summed E-state index contributed by atoms with van der Waals surface area (Å²) < 4.78 is 5.32. The van der Waals surface area contributed by atoms with Gasteiger partial charge in [-0.25, -0.2) is 4.79 Å². The van der Waals surface area contributed by atoms with Crippen LogP contribution >= 0.6 is 0 Å². The van der Waals surface area contributed by atoms with Crippen LogP contribution in [0.5, 0.6) is 0 Å². The molecule has 0 saturated carbocycles. The summed E-state index contributed by atoms with van der Waals surface area (Å²) in [7, 11) is 0. The van der Waals surface area contributed by atoms with Gasteiger partial charge in [-0.05, 0) is 24.6 Å². The van der Waals surface area contributed by atoms with Gasteiger partial charge in [0.2, 0.25) is 0 Å². The van der Waals surface area contributed by atoms with Crippen molar-refractivity contribution in [3.05, 3.63) is 143 Å². The van der Waals surface area contributed by atoms with Gasteiger partial charge >= 0.3 is 5.97 Å². The van der Waals surface area contributed by atoms with Gasteiger partial charge in [0.25, 0.3) is 0 Å². The van der Waals surface area contributed by atoms with E-state index >= 15 is 0 Å². The monoisotopic (exact) mass is 476 g/mol. The second-order valence-corrected chi connectivity index (χ2v) is 8.21. The SMILES string of the molecule is O=C(CCCOC(=O)c1cccc(C(=O)c2ccccc2)c1)c1cccc(C(=O)c2ccccc2)c1. The van der Waals surface area contributed by atoms with Crippen molar-refractivity contribution in [1.29, 1.82) is 0 Å². The molecule has 0 aromatic heterocycles. The number of ketones is 3. The van der Waals surface area contributed by atoms with Crippen molar-refractivity contribution in [3.63, 3.8) is 0 Å². The van der Waals surface area contributed by atoms with Gasteiger partial charge in [-0.2, -0.15) is 0 Å². The Morgan fingerprint density at radius 2 is 0.944 bits per heavy atom. The van der Waals surface area contributed by atoms with E-state index in [-0.39, 0.29) is 35.9 Å². The van der Waals surface area contributed by atoms with Gasteiger partial charge < -0.3 is 4.74 Å². The van der Waals surface area contributed by atoms with Gasteiger partial charge in [0.05, 0.1) is 12.2 Å². The molecule has 0 fully saturated rings. The molecule has 4 aromatic rings. The van der Waals surface area contributed by atoms with Crippen LogP contribution in [0.15, 0.2) is 109 Å². The second-order valence-electron chi connectivity index (χ2n) is 8.21. The predicted molar refractivity (Wildman–Crippen MR) is 136 cm³/mol. The third kappa shape index (κ3) is 6.07. The molecule has 0 spiro atoms. The Labute approximate surface area is 209 Å². The Morgan fingerprint density at radius 3 is 1.50 bits per heavy atom. The summed E-state index contributed by atoms with van der Waals surface area (Å²) in [6, 6.07) is 30.8. The molecule has 0 aliphatic carbocycles. The molecule has 0 aliphatic rings. The summed E-state index contributed by atoms with van der Waals surface area (Å²) in [4.78, 5) is 50.4. The third-order valence-electron chi connectivity index (χ3n) is 5.66. The van der Waals surface area contributed by atoms with E-state index in [0.29, 0.717) is 34.2 Å². The number of esters is 1. The number of ether oxygens (including phenoxy) is 1. The summed E-state index contributed by atoms with van der Waals surface area (Å²) in [5, 5.41) is 0. The summed E-state index contributed by atoms with van der Waals surface area (Å²) in [6.07, 6.45) is 0.507. The fraction of sp³-hybridized carbons (Fsp3) is 0.0968. The van der Waals surface area contributed by atoms with Gasteiger partial charge in [-0.3, -0.25) is 14.4 Å². The highest BCUT2D eigenvalue weighted by atomic mass is 16.5. The second kappa shape index (κ2) is 11.7. The van der Waals surface area contributed by atoms with E-state index in [2.05, 4.69) is 0 Å². The Balaban J connectivity index is 1.30. The van der Waals surface area contributed by atoms with Crippen molar-refractivity contribution in [3.8, 4) is 0 Å². The first-order chi connectivity index (χ1) is 17.5. The van der Waals surface area contributed by atoms with Crippen LogP contribution in [-0.4, -0.2) is 29.9 Å². The minimum atomic E-state index is -0.555. The maximum atomic E-state index is 12.6. The molecule has 178 valence electrons. The van der Waals surface area contributed by atoms with E-state index in [1.165, 1.54) is 6.07 Å². The third-order valence-corrected chi connectivity index (χ3v) is 5.66. The highest BCUT2D eigenvalue weighted by Crippen LogP contribution is 2.15. The first kappa shape index (κ1) is 24.5. The lowest BCUT2D eigenvalue weighted by Gasteiger charge is -2.07. The highest BCUT2D eigenvalue weighted by molar-refractivity contribution is 6.11. The van der Waals surface area contributed by atoms with Crippen molar-refractivity contribution < 1.29 is 23.9 Å². The lowest BCUT2D eigenvalue weighted by molar-refractivity contribution is 0.0494. The summed E-state index contributed by atoms with van der Waals surface area (Å²) >= 11 is 0. The zero-order valence-electron chi connectivity index (χ0n) is 19.6. The Bertz CT molecular complexity index is 1280. The molecule has 0 aliphatic heterocycles. The summed E-state index contributed by atoms with van der Waals surface area (Å²) in [5.74, 6) is -1.01.